The van der Waals surface area contributed by atoms with Gasteiger partial charge in [-0.05, 0) is 18.4 Å². The lowest BCUT2D eigenvalue weighted by Crippen LogP contribution is -2.11. The van der Waals surface area contributed by atoms with Crippen molar-refractivity contribution >= 4 is 12.4 Å². The summed E-state index contributed by atoms with van der Waals surface area (Å²) in [4.78, 5) is 0. The van der Waals surface area contributed by atoms with Gasteiger partial charge in [0.15, 0.2) is 0 Å². The topological polar surface area (TPSA) is 26.0 Å². The second-order valence-corrected chi connectivity index (χ2v) is 2.04. The van der Waals surface area contributed by atoms with Gasteiger partial charge in [-0.2, -0.15) is 0 Å². The molecule has 1 atom stereocenters. The Morgan fingerprint density at radius 3 is 2.67 bits per heavy atom. The molecular weight excluding hydrogens is 134 g/mol. The predicted octanol–water partition coefficient (Wildman–Crippen LogP) is 1.09. The van der Waals surface area contributed by atoms with E-state index in [4.69, 9.17) is 12.2 Å². The fraction of sp³-hybridized carbons (Fsp3) is 0.429. The Bertz CT molecular complexity index is 155. The van der Waals surface area contributed by atoms with Crippen molar-refractivity contribution in [2.75, 3.05) is 0 Å². The predicted molar refractivity (Wildman–Crippen MR) is 41.4 cm³/mol. The highest BCUT2D eigenvalue weighted by Crippen LogP contribution is 2.14. The third-order valence-corrected chi connectivity index (χ3v) is 1.35. The number of halogens is 1. The average Bonchev–Trinajstić information content (AvgIpc) is 2.14. The molecule has 0 amide bonds. The van der Waals surface area contributed by atoms with Crippen LogP contribution in [0, 0.1) is 12.3 Å². The number of hydrogen-bond donors (Lipinski definition) is 1. The maximum atomic E-state index is 5.53. The van der Waals surface area contributed by atoms with E-state index in [0.717, 1.165) is 18.4 Å². The van der Waals surface area contributed by atoms with Crippen molar-refractivity contribution in [3.8, 4) is 12.3 Å². The highest BCUT2D eigenvalue weighted by molar-refractivity contribution is 5.85. The first-order chi connectivity index (χ1) is 3.83. The van der Waals surface area contributed by atoms with Gasteiger partial charge < -0.3 is 5.73 Å². The molecule has 1 aliphatic carbocycles. The summed E-state index contributed by atoms with van der Waals surface area (Å²) in [5.41, 5.74) is 6.60. The summed E-state index contributed by atoms with van der Waals surface area (Å²) in [6.07, 6.45) is 9.11. The van der Waals surface area contributed by atoms with Crippen LogP contribution in [0.5, 0.6) is 0 Å². The van der Waals surface area contributed by atoms with Crippen LogP contribution in [-0.4, -0.2) is 6.04 Å². The van der Waals surface area contributed by atoms with Gasteiger partial charge >= 0.3 is 0 Å². The van der Waals surface area contributed by atoms with Crippen molar-refractivity contribution in [1.29, 1.82) is 0 Å². The summed E-state index contributed by atoms with van der Waals surface area (Å²) in [6.45, 7) is 0. The summed E-state index contributed by atoms with van der Waals surface area (Å²) < 4.78 is 0. The second kappa shape index (κ2) is 3.55. The zero-order chi connectivity index (χ0) is 5.98. The lowest BCUT2D eigenvalue weighted by molar-refractivity contribution is 0.777. The standard InChI is InChI=1S/C7H9N.ClH/c1-2-6-3-4-7(8)5-6;/h1,5,7H,3-4,8H2;1H/t7-;/m1./s1. The van der Waals surface area contributed by atoms with Crippen LogP contribution in [0.15, 0.2) is 11.6 Å². The average molecular weight is 144 g/mol. The zero-order valence-electron chi connectivity index (χ0n) is 5.13. The largest absolute Gasteiger partial charge is 0.324 e. The van der Waals surface area contributed by atoms with E-state index in [-0.39, 0.29) is 18.4 Å². The van der Waals surface area contributed by atoms with E-state index >= 15 is 0 Å². The van der Waals surface area contributed by atoms with E-state index in [2.05, 4.69) is 5.92 Å². The van der Waals surface area contributed by atoms with Gasteiger partial charge in [-0.15, -0.1) is 18.8 Å². The Morgan fingerprint density at radius 2 is 2.44 bits per heavy atom. The third-order valence-electron chi connectivity index (χ3n) is 1.35. The van der Waals surface area contributed by atoms with Crippen molar-refractivity contribution in [2.45, 2.75) is 18.9 Å². The molecule has 0 heterocycles. The Kier molecular flexibility index (Phi) is 3.37. The molecule has 1 aliphatic rings. The molecule has 0 unspecified atom stereocenters. The van der Waals surface area contributed by atoms with Crippen LogP contribution in [0.1, 0.15) is 12.8 Å². The molecule has 9 heavy (non-hydrogen) atoms. The van der Waals surface area contributed by atoms with Gasteiger partial charge in [0.05, 0.1) is 0 Å². The summed E-state index contributed by atoms with van der Waals surface area (Å²) in [7, 11) is 0. The Morgan fingerprint density at radius 1 is 1.78 bits per heavy atom. The molecule has 0 aromatic heterocycles. The summed E-state index contributed by atoms with van der Waals surface area (Å²) >= 11 is 0. The lowest BCUT2D eigenvalue weighted by atomic mass is 10.2. The lowest BCUT2D eigenvalue weighted by Gasteiger charge is -1.90. The Balaban J connectivity index is 0.000000640. The monoisotopic (exact) mass is 143 g/mol. The first-order valence-electron chi connectivity index (χ1n) is 2.76. The SMILES string of the molecule is C#CC1=C[C@H](N)CC1.Cl. The molecule has 50 valence electrons. The van der Waals surface area contributed by atoms with E-state index in [9.17, 15) is 0 Å². The van der Waals surface area contributed by atoms with Crippen LogP contribution in [0.4, 0.5) is 0 Å². The van der Waals surface area contributed by atoms with Crippen LogP contribution in [0.3, 0.4) is 0 Å². The molecule has 1 nitrogen and oxygen atoms in total. The van der Waals surface area contributed by atoms with E-state index in [1.54, 1.807) is 0 Å². The molecule has 0 radical (unpaired) electrons. The van der Waals surface area contributed by atoms with Gasteiger partial charge in [-0.3, -0.25) is 0 Å². The molecular formula is C7H10ClN. The fourth-order valence-corrected chi connectivity index (χ4v) is 0.868. The molecule has 0 aliphatic heterocycles. The van der Waals surface area contributed by atoms with Gasteiger partial charge in [0.25, 0.3) is 0 Å². The first-order valence-corrected chi connectivity index (χ1v) is 2.76. The number of allylic oxidation sites excluding steroid dienone is 1. The van der Waals surface area contributed by atoms with Crippen molar-refractivity contribution in [1.82, 2.24) is 0 Å². The normalized spacial score (nSPS) is 24.0. The van der Waals surface area contributed by atoms with Crippen molar-refractivity contribution in [3.05, 3.63) is 11.6 Å². The van der Waals surface area contributed by atoms with Crippen LogP contribution in [0.25, 0.3) is 0 Å². The van der Waals surface area contributed by atoms with Crippen LogP contribution >= 0.6 is 12.4 Å². The number of nitrogens with two attached hydrogens (primary N) is 1. The van der Waals surface area contributed by atoms with Crippen molar-refractivity contribution < 1.29 is 0 Å². The third kappa shape index (κ3) is 2.09. The molecule has 0 aromatic rings. The minimum atomic E-state index is 0. The molecule has 2 N–H and O–H groups in total. The molecule has 1 rings (SSSR count). The fourth-order valence-electron chi connectivity index (χ4n) is 0.868. The molecule has 0 bridgehead atoms. The number of rotatable bonds is 0. The van der Waals surface area contributed by atoms with Gasteiger partial charge in [0.2, 0.25) is 0 Å². The van der Waals surface area contributed by atoms with E-state index < -0.39 is 0 Å². The minimum Gasteiger partial charge on any atom is -0.324 e. The Labute approximate surface area is 61.7 Å². The van der Waals surface area contributed by atoms with Crippen LogP contribution in [-0.2, 0) is 0 Å². The highest BCUT2D eigenvalue weighted by atomic mass is 35.5. The van der Waals surface area contributed by atoms with Crippen molar-refractivity contribution in [3.63, 3.8) is 0 Å². The van der Waals surface area contributed by atoms with Crippen LogP contribution < -0.4 is 5.73 Å². The van der Waals surface area contributed by atoms with Crippen molar-refractivity contribution in [2.24, 2.45) is 5.73 Å². The molecule has 0 spiro atoms. The summed E-state index contributed by atoms with van der Waals surface area (Å²) in [6, 6.07) is 0.223. The molecule has 0 saturated heterocycles. The number of terminal acetylenes is 1. The molecule has 0 aromatic carbocycles. The quantitative estimate of drug-likeness (QED) is 0.505. The minimum absolute atomic E-state index is 0. The van der Waals surface area contributed by atoms with Gasteiger partial charge in [0, 0.05) is 6.04 Å². The smallest absolute Gasteiger partial charge is 0.0239 e. The van der Waals surface area contributed by atoms with Crippen LogP contribution in [0.2, 0.25) is 0 Å². The van der Waals surface area contributed by atoms with Gasteiger partial charge in [-0.25, -0.2) is 0 Å². The van der Waals surface area contributed by atoms with E-state index in [1.807, 2.05) is 6.08 Å². The summed E-state index contributed by atoms with van der Waals surface area (Å²) in [5, 5.41) is 0. The van der Waals surface area contributed by atoms with E-state index in [0.29, 0.717) is 0 Å². The molecule has 2 heteroatoms. The van der Waals surface area contributed by atoms with Gasteiger partial charge in [-0.1, -0.05) is 12.0 Å². The van der Waals surface area contributed by atoms with Gasteiger partial charge in [0.1, 0.15) is 0 Å². The highest BCUT2D eigenvalue weighted by Gasteiger charge is 2.08. The second-order valence-electron chi connectivity index (χ2n) is 2.04. The van der Waals surface area contributed by atoms with E-state index in [1.165, 1.54) is 0 Å². The maximum absolute atomic E-state index is 5.53. The maximum Gasteiger partial charge on any atom is 0.0239 e. The molecule has 0 saturated carbocycles. The zero-order valence-corrected chi connectivity index (χ0v) is 5.95. The first kappa shape index (κ1) is 8.55. The number of hydrogen-bond acceptors (Lipinski definition) is 1. The summed E-state index contributed by atoms with van der Waals surface area (Å²) in [5.74, 6) is 2.58. The molecule has 0 fully saturated rings. The Hall–Kier alpha value is -0.450.